The maximum Gasteiger partial charge on any atom is 0.177 e. The molecule has 20 rings (SSSR count). The molecule has 115 heavy (non-hydrogen) atoms. The predicted molar refractivity (Wildman–Crippen MR) is 489 cm³/mol. The fourth-order valence-electron chi connectivity index (χ4n) is 11.9. The monoisotopic (exact) mass is 1580 g/mol. The fourth-order valence-corrected chi connectivity index (χ4v) is 12.3. The second kappa shape index (κ2) is 49.7. The summed E-state index contributed by atoms with van der Waals surface area (Å²) in [6, 6.07) is 31.0. The molecule has 1 fully saturated rings. The molecule has 23 heteroatoms. The molecule has 13 aromatic heterocycles. The van der Waals surface area contributed by atoms with Crippen molar-refractivity contribution < 1.29 is 9.53 Å². The zero-order valence-corrected chi connectivity index (χ0v) is 62.0. The molecule has 1 aromatic carbocycles. The van der Waals surface area contributed by atoms with Gasteiger partial charge >= 0.3 is 0 Å². The number of carbonyl (C=O) groups is 1. The summed E-state index contributed by atoms with van der Waals surface area (Å²) in [5.41, 5.74) is 24.8. The fraction of sp³-hybridized carbons (Fsp3) is 0.337. The van der Waals surface area contributed by atoms with E-state index in [0.29, 0.717) is 6.42 Å². The molecule has 6 aliphatic rings. The number of rotatable bonds is 0. The van der Waals surface area contributed by atoms with E-state index in [-0.39, 0.29) is 86.2 Å². The normalized spacial score (nSPS) is 13.1. The zero-order valence-electron chi connectivity index (χ0n) is 61.2. The number of ether oxygens (including phenoxy) is 1. The number of carbonyl (C=O) groups excluding carboxylic acids is 1. The molecule has 14 aromatic rings. The number of fused-ring (bicyclic) bond motifs is 10. The molecular weight excluding hydrogens is 1450 g/mol. The lowest BCUT2D eigenvalue weighted by molar-refractivity contribution is -0.114. The van der Waals surface area contributed by atoms with Crippen LogP contribution < -0.4 is 26.0 Å². The van der Waals surface area contributed by atoms with E-state index in [0.717, 1.165) is 137 Å². The van der Waals surface area contributed by atoms with E-state index in [1.54, 1.807) is 31.0 Å². The Labute approximate surface area is 690 Å². The standard InChI is InChI=1S/C10H13NO.C10H9NO.C8H11ClN2.C8H10N2.2C8H8N2.C8H10N2.C8H8N2.2C7H7N3.10CH4/c1-8-3-4-9-10(7-8)12-6-2-5-11-9;1-7-4-8-5-9(12)2-3-10(8)11-6-7;1-6-4-7(9)8-10-2-3-11(8)5-6;1-6-2-7-4-9-5-8(7)10-3-6;1-7-2-4-10-5-3-9-8(10)6-7;1-6-2-4-9-8-7(6)3-5-10-8;2*1-6-4-7-2-3-9-8(7)10-5-6;1-5-2-6-7(8-3-5)10-4-9-6;1-6-2-3-7-9-8-5-10(7)4-6;;;;;;;;;;/h3-4,7,11H,2,5-6H2,1H3;2-4,6H,5H2,1H3;4-5,8,10H,2-3H2,1H3;2-3,9H,4-5H2,1H3;2-6H,1H3;2-5H,1H3,(H,9,10);4-5H,2-3H2,1H3,(H,9,10);2-5H,1H3,(H,9,10);2-4H,1H3,(H,8,9,10);2-5H,1H3;10*1H4. The lowest BCUT2D eigenvalue weighted by Gasteiger charge is -2.25. The number of imidazole rings is 2. The molecule has 1 saturated heterocycles. The number of nitrogens with zero attached hydrogens (tertiary/aromatic N) is 13. The van der Waals surface area contributed by atoms with Gasteiger partial charge in [0, 0.05) is 137 Å². The topological polar surface area (TPSA) is 263 Å². The summed E-state index contributed by atoms with van der Waals surface area (Å²) in [4.78, 5) is 55.7. The van der Waals surface area contributed by atoms with Crippen LogP contribution in [0.25, 0.3) is 50.6 Å². The van der Waals surface area contributed by atoms with Gasteiger partial charge in [-0.15, -0.1) is 10.2 Å². The third-order valence-corrected chi connectivity index (χ3v) is 17.5. The smallest absolute Gasteiger partial charge is 0.177 e. The highest BCUT2D eigenvalue weighted by Crippen LogP contribution is 2.28. The number of aromatic nitrogens is 15. The van der Waals surface area contributed by atoms with Crippen molar-refractivity contribution in [1.29, 1.82) is 0 Å². The summed E-state index contributed by atoms with van der Waals surface area (Å²) < 4.78 is 9.46. The number of anilines is 2. The highest BCUT2D eigenvalue weighted by Gasteiger charge is 2.26. The maximum atomic E-state index is 11.0. The molecule has 0 saturated carbocycles. The number of allylic oxidation sites excluding steroid dienone is 3. The molecular formula is C92H131ClN20O2. The molecule has 1 unspecified atom stereocenters. The highest BCUT2D eigenvalue weighted by molar-refractivity contribution is 6.30. The lowest BCUT2D eigenvalue weighted by Crippen LogP contribution is -2.34. The van der Waals surface area contributed by atoms with Crippen molar-refractivity contribution in [3.63, 3.8) is 0 Å². The molecule has 0 amide bonds. The van der Waals surface area contributed by atoms with Gasteiger partial charge in [-0.05, 0) is 233 Å². The molecule has 0 bridgehead atoms. The number of pyridine rings is 8. The van der Waals surface area contributed by atoms with Gasteiger partial charge in [-0.1, -0.05) is 116 Å². The van der Waals surface area contributed by atoms with Gasteiger partial charge in [-0.3, -0.25) is 24.5 Å². The quantitative estimate of drug-likeness (QED) is 0.0744. The van der Waals surface area contributed by atoms with E-state index in [4.69, 9.17) is 16.3 Å². The van der Waals surface area contributed by atoms with E-state index in [2.05, 4.69) is 187 Å². The number of aryl methyl sites for hydroxylation is 9. The van der Waals surface area contributed by atoms with Crippen LogP contribution in [0.15, 0.2) is 207 Å². The van der Waals surface area contributed by atoms with Crippen LogP contribution in [0.4, 0.5) is 11.5 Å². The van der Waals surface area contributed by atoms with Gasteiger partial charge in [0.25, 0.3) is 0 Å². The van der Waals surface area contributed by atoms with Gasteiger partial charge in [0.15, 0.2) is 17.1 Å². The van der Waals surface area contributed by atoms with E-state index in [1.165, 1.54) is 72.1 Å². The average molecular weight is 1580 g/mol. The molecule has 618 valence electrons. The maximum absolute atomic E-state index is 11.0. The average Bonchev–Trinajstić information content (AvgIpc) is 1.68. The van der Waals surface area contributed by atoms with Crippen LogP contribution >= 0.6 is 11.6 Å². The second-order valence-electron chi connectivity index (χ2n) is 26.4. The van der Waals surface area contributed by atoms with Crippen LogP contribution in [0.3, 0.4) is 0 Å². The summed E-state index contributed by atoms with van der Waals surface area (Å²) in [5.74, 6) is 2.23. The molecule has 1 atom stereocenters. The van der Waals surface area contributed by atoms with E-state index < -0.39 is 0 Å². The third kappa shape index (κ3) is 29.3. The van der Waals surface area contributed by atoms with Crippen molar-refractivity contribution in [2.75, 3.05) is 43.4 Å². The van der Waals surface area contributed by atoms with Gasteiger partial charge in [0.2, 0.25) is 0 Å². The number of H-pyrrole nitrogens is 3. The van der Waals surface area contributed by atoms with E-state index in [9.17, 15) is 4.79 Å². The van der Waals surface area contributed by atoms with Crippen molar-refractivity contribution >= 4 is 79.5 Å². The van der Waals surface area contributed by atoms with Crippen LogP contribution in [-0.4, -0.2) is 123 Å². The van der Waals surface area contributed by atoms with E-state index in [1.807, 2.05) is 153 Å². The number of ketones is 1. The largest absolute Gasteiger partial charge is 0.491 e. The molecule has 7 N–H and O–H groups in total. The van der Waals surface area contributed by atoms with Crippen molar-refractivity contribution in [2.24, 2.45) is 0 Å². The Hall–Kier alpha value is -11.7. The molecule has 18 heterocycles. The van der Waals surface area contributed by atoms with E-state index >= 15 is 0 Å². The first-order chi connectivity index (χ1) is 50.9. The SMILES string of the molecule is C.C.C.C.C.C.C.C.C.C.CC1=CN2CCNC2C(Cl)=C1.Cc1ccc2c(c1)OCCCN2.Cc1ccc2nncn2c1.Cc1ccn2ccnc2c1.Cc1ccnc2[nH]ccc12.Cc1cnc2[nH]ccc2c1.Cc1cnc2c(c1)CC(=O)C=C2.Cc1cnc2c(c1)CCN2.Cc1cnc2c(c1)CNC2.Cc1cnc2nc[nH]c2c1. The Balaban J connectivity index is 0.000000633. The number of nitrogens with one attached hydrogen (secondary N) is 7. The van der Waals surface area contributed by atoms with Gasteiger partial charge in [0.05, 0.1) is 40.6 Å². The van der Waals surface area contributed by atoms with Crippen LogP contribution in [0.5, 0.6) is 5.75 Å². The first-order valence-electron chi connectivity index (χ1n) is 35.2. The van der Waals surface area contributed by atoms with Gasteiger partial charge in [-0.25, -0.2) is 29.9 Å². The van der Waals surface area contributed by atoms with Crippen molar-refractivity contribution in [1.82, 2.24) is 89.4 Å². The van der Waals surface area contributed by atoms with Crippen LogP contribution in [0.1, 0.15) is 166 Å². The minimum atomic E-state index is 0. The Kier molecular flexibility index (Phi) is 43.8. The Morgan fingerprint density at radius 3 is 2.01 bits per heavy atom. The summed E-state index contributed by atoms with van der Waals surface area (Å²) in [5, 5.41) is 24.0. The van der Waals surface area contributed by atoms with Crippen LogP contribution in [0.2, 0.25) is 0 Å². The Bertz CT molecular complexity index is 4970. The number of hydrogen-bond acceptors (Lipinski definition) is 17. The molecule has 22 nitrogen and oxygen atoms in total. The van der Waals surface area contributed by atoms with Crippen molar-refractivity contribution in [3.8, 4) is 5.75 Å². The van der Waals surface area contributed by atoms with Gasteiger partial charge in [0.1, 0.15) is 41.0 Å². The minimum absolute atomic E-state index is 0. The number of benzene rings is 1. The Morgan fingerprint density at radius 1 is 0.539 bits per heavy atom. The third-order valence-electron chi connectivity index (χ3n) is 17.2. The summed E-state index contributed by atoms with van der Waals surface area (Å²) in [6.45, 7) is 27.4. The first kappa shape index (κ1) is 101. The number of halogens is 1. The zero-order chi connectivity index (χ0) is 73.6. The van der Waals surface area contributed by atoms with Gasteiger partial charge in [-0.2, -0.15) is 0 Å². The molecule has 0 radical (unpaired) electrons. The van der Waals surface area contributed by atoms with Crippen molar-refractivity contribution in [2.45, 2.75) is 182 Å². The highest BCUT2D eigenvalue weighted by atomic mass is 35.5. The summed E-state index contributed by atoms with van der Waals surface area (Å²) in [6.07, 6.45) is 36.5. The molecule has 1 aliphatic carbocycles. The summed E-state index contributed by atoms with van der Waals surface area (Å²) >= 11 is 6.03. The van der Waals surface area contributed by atoms with Crippen molar-refractivity contribution in [3.05, 3.63) is 285 Å². The minimum Gasteiger partial charge on any atom is -0.491 e. The molecule has 5 aliphatic heterocycles. The molecule has 0 spiro atoms. The first-order valence-corrected chi connectivity index (χ1v) is 35.5. The van der Waals surface area contributed by atoms with Crippen LogP contribution in [-0.2, 0) is 30.7 Å². The second-order valence-corrected chi connectivity index (χ2v) is 26.8. The Morgan fingerprint density at radius 2 is 1.23 bits per heavy atom. The van der Waals surface area contributed by atoms with Crippen LogP contribution in [0, 0.1) is 62.3 Å². The number of hydrogen-bond donors (Lipinski definition) is 7. The predicted octanol–water partition coefficient (Wildman–Crippen LogP) is 21.4. The van der Waals surface area contributed by atoms with Gasteiger partial charge < -0.3 is 44.9 Å². The summed E-state index contributed by atoms with van der Waals surface area (Å²) in [7, 11) is 0. The number of aromatic amines is 3. The lowest BCUT2D eigenvalue weighted by atomic mass is 10.0.